The average Bonchev–Trinajstić information content (AvgIpc) is 2.47. The number of aliphatic hydroxyl groups excluding tert-OH is 1. The highest BCUT2D eigenvalue weighted by Crippen LogP contribution is 2.32. The van der Waals surface area contributed by atoms with Gasteiger partial charge in [0.1, 0.15) is 10.3 Å². The van der Waals surface area contributed by atoms with Crippen molar-refractivity contribution in [2.45, 2.75) is 13.5 Å². The zero-order valence-corrected chi connectivity index (χ0v) is 13.8. The van der Waals surface area contributed by atoms with Gasteiger partial charge >= 0.3 is 5.69 Å². The van der Waals surface area contributed by atoms with Crippen molar-refractivity contribution < 1.29 is 10.0 Å². The zero-order chi connectivity index (χ0) is 17.0. The van der Waals surface area contributed by atoms with Crippen LogP contribution < -0.4 is 4.90 Å². The topological polar surface area (TPSA) is 92.4 Å². The summed E-state index contributed by atoms with van der Waals surface area (Å²) in [5.41, 5.74) is 1.04. The molecule has 23 heavy (non-hydrogen) atoms. The van der Waals surface area contributed by atoms with Crippen molar-refractivity contribution in [3.63, 3.8) is 0 Å². The third-order valence-corrected chi connectivity index (χ3v) is 3.56. The minimum atomic E-state index is -0.502. The lowest BCUT2D eigenvalue weighted by atomic mass is 10.2. The van der Waals surface area contributed by atoms with E-state index in [2.05, 4.69) is 9.97 Å². The van der Waals surface area contributed by atoms with Crippen LogP contribution in [0, 0.1) is 17.0 Å². The van der Waals surface area contributed by atoms with Crippen LogP contribution in [-0.4, -0.2) is 33.1 Å². The van der Waals surface area contributed by atoms with Gasteiger partial charge in [0.05, 0.1) is 11.5 Å². The Labute approximate surface area is 142 Å². The summed E-state index contributed by atoms with van der Waals surface area (Å²) >= 11 is 11.7. The van der Waals surface area contributed by atoms with Crippen molar-refractivity contribution >= 4 is 34.7 Å². The van der Waals surface area contributed by atoms with Gasteiger partial charge in [-0.3, -0.25) is 10.1 Å². The Balaban J connectivity index is 2.44. The van der Waals surface area contributed by atoms with Crippen LogP contribution in [0.4, 0.5) is 11.5 Å². The van der Waals surface area contributed by atoms with E-state index in [1.54, 1.807) is 30.2 Å². The normalized spacial score (nSPS) is 10.6. The third kappa shape index (κ3) is 4.28. The Kier molecular flexibility index (Phi) is 5.70. The van der Waals surface area contributed by atoms with E-state index in [0.717, 1.165) is 5.56 Å². The number of aliphatic hydroxyl groups is 1. The molecule has 9 heteroatoms. The summed E-state index contributed by atoms with van der Waals surface area (Å²) in [6.45, 7) is 1.84. The lowest BCUT2D eigenvalue weighted by molar-refractivity contribution is -0.384. The maximum Gasteiger partial charge on any atom is 0.314 e. The van der Waals surface area contributed by atoms with Crippen molar-refractivity contribution in [2.24, 2.45) is 0 Å². The number of pyridine rings is 2. The summed E-state index contributed by atoms with van der Waals surface area (Å²) in [6.07, 6.45) is 1.57. The summed E-state index contributed by atoms with van der Waals surface area (Å²) in [6, 6.07) is 4.81. The SMILES string of the molecule is Cc1cc(Cl)nc(N(CCO)Cc2ccc(Cl)nc2)c1[N+](=O)[O-]. The standard InChI is InChI=1S/C14H14Cl2N4O3/c1-9-6-12(16)18-14(13(9)20(22)23)19(4-5-21)8-10-2-3-11(15)17-7-10/h2-3,6-7,21H,4-5,8H2,1H3. The number of aryl methyl sites for hydroxylation is 1. The van der Waals surface area contributed by atoms with Gasteiger partial charge in [-0.1, -0.05) is 29.3 Å². The molecule has 0 saturated heterocycles. The molecule has 0 spiro atoms. The van der Waals surface area contributed by atoms with Gasteiger partial charge in [0.15, 0.2) is 0 Å². The van der Waals surface area contributed by atoms with E-state index in [-0.39, 0.29) is 36.4 Å². The van der Waals surface area contributed by atoms with Crippen LogP contribution in [0.5, 0.6) is 0 Å². The molecule has 0 unspecified atom stereocenters. The molecular formula is C14H14Cl2N4O3. The minimum Gasteiger partial charge on any atom is -0.395 e. The quantitative estimate of drug-likeness (QED) is 0.485. The smallest absolute Gasteiger partial charge is 0.314 e. The van der Waals surface area contributed by atoms with Gasteiger partial charge in [0.25, 0.3) is 0 Å². The van der Waals surface area contributed by atoms with E-state index in [9.17, 15) is 15.2 Å². The van der Waals surface area contributed by atoms with Crippen molar-refractivity contribution in [2.75, 3.05) is 18.1 Å². The summed E-state index contributed by atoms with van der Waals surface area (Å²) < 4.78 is 0. The first kappa shape index (κ1) is 17.4. The van der Waals surface area contributed by atoms with Gasteiger partial charge in [-0.25, -0.2) is 9.97 Å². The second kappa shape index (κ2) is 7.54. The Hall–Kier alpha value is -1.96. The number of hydrogen-bond donors (Lipinski definition) is 1. The van der Waals surface area contributed by atoms with Crippen LogP contribution in [0.1, 0.15) is 11.1 Å². The third-order valence-electron chi connectivity index (χ3n) is 3.15. The zero-order valence-electron chi connectivity index (χ0n) is 12.2. The first-order valence-corrected chi connectivity index (χ1v) is 7.45. The highest BCUT2D eigenvalue weighted by molar-refractivity contribution is 6.29. The van der Waals surface area contributed by atoms with Crippen LogP contribution in [0.25, 0.3) is 0 Å². The fourth-order valence-electron chi connectivity index (χ4n) is 2.16. The summed E-state index contributed by atoms with van der Waals surface area (Å²) in [7, 11) is 0. The van der Waals surface area contributed by atoms with Gasteiger partial charge in [0.2, 0.25) is 5.82 Å². The van der Waals surface area contributed by atoms with Crippen LogP contribution >= 0.6 is 23.2 Å². The fraction of sp³-hybridized carbons (Fsp3) is 0.286. The van der Waals surface area contributed by atoms with Gasteiger partial charge in [0, 0.05) is 24.8 Å². The van der Waals surface area contributed by atoms with Crippen molar-refractivity contribution in [1.82, 2.24) is 9.97 Å². The number of rotatable bonds is 6. The van der Waals surface area contributed by atoms with E-state index in [1.165, 1.54) is 6.07 Å². The van der Waals surface area contributed by atoms with Crippen molar-refractivity contribution in [3.8, 4) is 0 Å². The summed E-state index contributed by atoms with van der Waals surface area (Å²) in [5, 5.41) is 21.1. The number of nitro groups is 1. The van der Waals surface area contributed by atoms with Crippen LogP contribution in [0.2, 0.25) is 10.3 Å². The molecular weight excluding hydrogens is 343 g/mol. The van der Waals surface area contributed by atoms with Crippen LogP contribution in [-0.2, 0) is 6.54 Å². The van der Waals surface area contributed by atoms with E-state index >= 15 is 0 Å². The van der Waals surface area contributed by atoms with E-state index in [4.69, 9.17) is 23.2 Å². The maximum absolute atomic E-state index is 11.4. The largest absolute Gasteiger partial charge is 0.395 e. The van der Waals surface area contributed by atoms with E-state index in [0.29, 0.717) is 10.7 Å². The van der Waals surface area contributed by atoms with Crippen LogP contribution in [0.3, 0.4) is 0 Å². The molecule has 1 N–H and O–H groups in total. The number of anilines is 1. The van der Waals surface area contributed by atoms with E-state index in [1.807, 2.05) is 0 Å². The van der Waals surface area contributed by atoms with Gasteiger partial charge in [-0.2, -0.15) is 0 Å². The molecule has 0 aliphatic carbocycles. The van der Waals surface area contributed by atoms with Crippen molar-refractivity contribution in [1.29, 1.82) is 0 Å². The Morgan fingerprint density at radius 3 is 2.65 bits per heavy atom. The number of nitrogens with zero attached hydrogens (tertiary/aromatic N) is 4. The molecule has 0 saturated carbocycles. The minimum absolute atomic E-state index is 0.115. The molecule has 2 rings (SSSR count). The number of halogens is 2. The molecule has 0 radical (unpaired) electrons. The van der Waals surface area contributed by atoms with Gasteiger partial charge < -0.3 is 10.0 Å². The first-order valence-electron chi connectivity index (χ1n) is 6.70. The molecule has 2 aromatic heterocycles. The second-order valence-corrected chi connectivity index (χ2v) is 5.60. The van der Waals surface area contributed by atoms with Crippen LogP contribution in [0.15, 0.2) is 24.4 Å². The molecule has 2 aromatic rings. The molecule has 7 nitrogen and oxygen atoms in total. The molecule has 122 valence electrons. The first-order chi connectivity index (χ1) is 10.9. The van der Waals surface area contributed by atoms with Gasteiger partial charge in [-0.15, -0.1) is 0 Å². The highest BCUT2D eigenvalue weighted by Gasteiger charge is 2.25. The monoisotopic (exact) mass is 356 g/mol. The highest BCUT2D eigenvalue weighted by atomic mass is 35.5. The second-order valence-electron chi connectivity index (χ2n) is 4.83. The molecule has 0 atom stereocenters. The molecule has 0 aromatic carbocycles. The summed E-state index contributed by atoms with van der Waals surface area (Å²) in [5.74, 6) is 0.115. The predicted octanol–water partition coefficient (Wildman–Crippen LogP) is 3.00. The number of aromatic nitrogens is 2. The maximum atomic E-state index is 11.4. The molecule has 0 aliphatic heterocycles. The lowest BCUT2D eigenvalue weighted by Gasteiger charge is -2.23. The molecule has 0 bridgehead atoms. The lowest BCUT2D eigenvalue weighted by Crippen LogP contribution is -2.28. The van der Waals surface area contributed by atoms with E-state index < -0.39 is 4.92 Å². The fourth-order valence-corrected chi connectivity index (χ4v) is 2.51. The molecule has 0 amide bonds. The Morgan fingerprint density at radius 1 is 1.35 bits per heavy atom. The summed E-state index contributed by atoms with van der Waals surface area (Å²) in [4.78, 5) is 20.5. The Morgan fingerprint density at radius 2 is 2.09 bits per heavy atom. The average molecular weight is 357 g/mol. The molecule has 0 fully saturated rings. The molecule has 2 heterocycles. The van der Waals surface area contributed by atoms with Crippen molar-refractivity contribution in [3.05, 3.63) is 55.9 Å². The molecule has 0 aliphatic rings. The van der Waals surface area contributed by atoms with Gasteiger partial charge in [-0.05, 0) is 24.6 Å². The predicted molar refractivity (Wildman–Crippen MR) is 88.0 cm³/mol. The Bertz CT molecular complexity index is 710. The number of hydrogen-bond acceptors (Lipinski definition) is 6.